The lowest BCUT2D eigenvalue weighted by atomic mass is 10.1. The SMILES string of the molecule is Cc1cc(Br)nc(-c2cc(C)cc(Br)[n+]2[O-])c1. The number of hydrogen-bond donors (Lipinski definition) is 0. The number of aromatic nitrogens is 2. The minimum Gasteiger partial charge on any atom is -0.617 e. The molecule has 0 radical (unpaired) electrons. The van der Waals surface area contributed by atoms with E-state index in [9.17, 15) is 5.21 Å². The van der Waals surface area contributed by atoms with Crippen LogP contribution in [0.4, 0.5) is 0 Å². The Balaban J connectivity index is 2.67. The van der Waals surface area contributed by atoms with Gasteiger partial charge in [0.05, 0.1) is 0 Å². The zero-order valence-corrected chi connectivity index (χ0v) is 12.5. The van der Waals surface area contributed by atoms with Crippen molar-refractivity contribution >= 4 is 31.9 Å². The predicted octanol–water partition coefficient (Wildman–Crippen LogP) is 3.52. The summed E-state index contributed by atoms with van der Waals surface area (Å²) in [4.78, 5) is 4.32. The smallest absolute Gasteiger partial charge is 0.259 e. The molecule has 2 aromatic rings. The van der Waals surface area contributed by atoms with E-state index in [1.165, 1.54) is 0 Å². The van der Waals surface area contributed by atoms with E-state index in [0.29, 0.717) is 16.0 Å². The summed E-state index contributed by atoms with van der Waals surface area (Å²) in [5.41, 5.74) is 3.27. The summed E-state index contributed by atoms with van der Waals surface area (Å²) < 4.78 is 2.05. The molecule has 2 heterocycles. The van der Waals surface area contributed by atoms with Crippen LogP contribution in [-0.4, -0.2) is 4.98 Å². The van der Waals surface area contributed by atoms with Crippen molar-refractivity contribution < 1.29 is 4.73 Å². The van der Waals surface area contributed by atoms with Crippen molar-refractivity contribution in [3.05, 3.63) is 49.8 Å². The van der Waals surface area contributed by atoms with E-state index in [-0.39, 0.29) is 0 Å². The molecule has 0 aliphatic rings. The molecule has 0 N–H and O–H groups in total. The maximum absolute atomic E-state index is 12.0. The molecule has 0 aliphatic carbocycles. The molecule has 2 rings (SSSR count). The minimum atomic E-state index is 0.493. The van der Waals surface area contributed by atoms with Gasteiger partial charge in [0.1, 0.15) is 10.3 Å². The first kappa shape index (κ1) is 12.5. The van der Waals surface area contributed by atoms with Gasteiger partial charge in [0.25, 0.3) is 4.60 Å². The van der Waals surface area contributed by atoms with Crippen LogP contribution in [-0.2, 0) is 0 Å². The molecule has 0 amide bonds. The first-order valence-corrected chi connectivity index (χ1v) is 6.60. The molecule has 2 aromatic heterocycles. The first-order chi connectivity index (χ1) is 7.97. The molecule has 17 heavy (non-hydrogen) atoms. The standard InChI is InChI=1S/C12H10Br2N2O/c1-7-3-9(15-11(13)5-7)10-4-8(2)6-12(14)16(10)17/h3-6H,1-2H3. The number of rotatable bonds is 1. The highest BCUT2D eigenvalue weighted by Crippen LogP contribution is 2.21. The van der Waals surface area contributed by atoms with Crippen LogP contribution in [0.15, 0.2) is 33.5 Å². The van der Waals surface area contributed by atoms with Gasteiger partial charge >= 0.3 is 0 Å². The Morgan fingerprint density at radius 3 is 2.35 bits per heavy atom. The Kier molecular flexibility index (Phi) is 3.49. The largest absolute Gasteiger partial charge is 0.617 e. The molecule has 0 aromatic carbocycles. The summed E-state index contributed by atoms with van der Waals surface area (Å²) in [6.45, 7) is 3.91. The summed E-state index contributed by atoms with van der Waals surface area (Å²) in [6, 6.07) is 7.40. The first-order valence-electron chi connectivity index (χ1n) is 5.01. The van der Waals surface area contributed by atoms with E-state index in [0.717, 1.165) is 20.5 Å². The Morgan fingerprint density at radius 2 is 1.71 bits per heavy atom. The fourth-order valence-electron chi connectivity index (χ4n) is 1.61. The van der Waals surface area contributed by atoms with Crippen LogP contribution in [0.5, 0.6) is 0 Å². The van der Waals surface area contributed by atoms with Gasteiger partial charge in [-0.2, -0.15) is 4.73 Å². The predicted molar refractivity (Wildman–Crippen MR) is 73.5 cm³/mol. The maximum Gasteiger partial charge on any atom is 0.259 e. The van der Waals surface area contributed by atoms with Gasteiger partial charge in [-0.05, 0) is 53.0 Å². The van der Waals surface area contributed by atoms with E-state index in [1.54, 1.807) is 6.07 Å². The van der Waals surface area contributed by atoms with Crippen LogP contribution >= 0.6 is 31.9 Å². The van der Waals surface area contributed by atoms with E-state index >= 15 is 0 Å². The van der Waals surface area contributed by atoms with Crippen molar-refractivity contribution in [1.82, 2.24) is 4.98 Å². The van der Waals surface area contributed by atoms with Crippen LogP contribution in [0.1, 0.15) is 11.1 Å². The average molecular weight is 358 g/mol. The summed E-state index contributed by atoms with van der Waals surface area (Å²) in [7, 11) is 0. The highest BCUT2D eigenvalue weighted by atomic mass is 79.9. The van der Waals surface area contributed by atoms with Crippen molar-refractivity contribution in [2.75, 3.05) is 0 Å². The second kappa shape index (κ2) is 4.74. The highest BCUT2D eigenvalue weighted by molar-refractivity contribution is 9.10. The van der Waals surface area contributed by atoms with Crippen molar-refractivity contribution in [2.24, 2.45) is 0 Å². The second-order valence-corrected chi connectivity index (χ2v) is 5.51. The van der Waals surface area contributed by atoms with E-state index < -0.39 is 0 Å². The Morgan fingerprint density at radius 1 is 1.06 bits per heavy atom. The molecule has 0 saturated carbocycles. The minimum absolute atomic E-state index is 0.493. The summed E-state index contributed by atoms with van der Waals surface area (Å²) in [5, 5.41) is 12.0. The third kappa shape index (κ3) is 2.66. The number of pyridine rings is 2. The fraction of sp³-hybridized carbons (Fsp3) is 0.167. The van der Waals surface area contributed by atoms with Gasteiger partial charge in [0.15, 0.2) is 0 Å². The van der Waals surface area contributed by atoms with Gasteiger partial charge in [-0.3, -0.25) is 0 Å². The summed E-state index contributed by atoms with van der Waals surface area (Å²) in [6.07, 6.45) is 0. The molecule has 5 heteroatoms. The molecule has 0 saturated heterocycles. The Labute approximate surface area is 116 Å². The lowest BCUT2D eigenvalue weighted by Crippen LogP contribution is -2.31. The monoisotopic (exact) mass is 356 g/mol. The molecule has 0 bridgehead atoms. The lowest BCUT2D eigenvalue weighted by Gasteiger charge is -2.07. The molecule has 0 aliphatic heterocycles. The maximum atomic E-state index is 12.0. The quantitative estimate of drug-likeness (QED) is 0.445. The molecular formula is C12H10Br2N2O. The third-order valence-electron chi connectivity index (χ3n) is 2.32. The van der Waals surface area contributed by atoms with Gasteiger partial charge in [0, 0.05) is 28.1 Å². The van der Waals surface area contributed by atoms with E-state index in [4.69, 9.17) is 0 Å². The van der Waals surface area contributed by atoms with Crippen molar-refractivity contribution in [2.45, 2.75) is 13.8 Å². The van der Waals surface area contributed by atoms with Crippen LogP contribution in [0, 0.1) is 19.1 Å². The van der Waals surface area contributed by atoms with Gasteiger partial charge in [-0.15, -0.1) is 0 Å². The number of hydrogen-bond acceptors (Lipinski definition) is 2. The van der Waals surface area contributed by atoms with Crippen LogP contribution in [0.2, 0.25) is 0 Å². The summed E-state index contributed by atoms with van der Waals surface area (Å²) >= 11 is 6.58. The average Bonchev–Trinajstić information content (AvgIpc) is 2.22. The molecular weight excluding hydrogens is 348 g/mol. The van der Waals surface area contributed by atoms with Crippen molar-refractivity contribution in [1.29, 1.82) is 0 Å². The second-order valence-electron chi connectivity index (χ2n) is 3.89. The van der Waals surface area contributed by atoms with E-state index in [2.05, 4.69) is 36.8 Å². The number of nitrogens with zero attached hydrogens (tertiary/aromatic N) is 2. The Hall–Kier alpha value is -0.940. The molecule has 0 unspecified atom stereocenters. The lowest BCUT2D eigenvalue weighted by molar-refractivity contribution is -0.605. The van der Waals surface area contributed by atoms with Crippen molar-refractivity contribution in [3.8, 4) is 11.4 Å². The summed E-state index contributed by atoms with van der Waals surface area (Å²) in [5.74, 6) is 0. The van der Waals surface area contributed by atoms with Gasteiger partial charge in [-0.1, -0.05) is 0 Å². The number of halogens is 2. The zero-order chi connectivity index (χ0) is 12.6. The number of aryl methyl sites for hydroxylation is 2. The molecule has 0 fully saturated rings. The topological polar surface area (TPSA) is 39.8 Å². The molecule has 0 spiro atoms. The van der Waals surface area contributed by atoms with E-state index in [1.807, 2.05) is 32.0 Å². The fourth-order valence-corrected chi connectivity index (χ4v) is 2.72. The van der Waals surface area contributed by atoms with Gasteiger partial charge in [0.2, 0.25) is 5.69 Å². The van der Waals surface area contributed by atoms with Crippen LogP contribution in [0.3, 0.4) is 0 Å². The Bertz CT molecular complexity index is 565. The van der Waals surface area contributed by atoms with Gasteiger partial charge in [-0.25, -0.2) is 4.98 Å². The zero-order valence-electron chi connectivity index (χ0n) is 9.37. The van der Waals surface area contributed by atoms with Crippen molar-refractivity contribution in [3.63, 3.8) is 0 Å². The van der Waals surface area contributed by atoms with Crippen LogP contribution < -0.4 is 4.73 Å². The molecule has 0 atom stereocenters. The molecule has 3 nitrogen and oxygen atoms in total. The normalized spacial score (nSPS) is 10.6. The third-order valence-corrected chi connectivity index (χ3v) is 3.28. The van der Waals surface area contributed by atoms with Crippen LogP contribution in [0.25, 0.3) is 11.4 Å². The van der Waals surface area contributed by atoms with Gasteiger partial charge < -0.3 is 5.21 Å². The molecule has 88 valence electrons. The highest BCUT2D eigenvalue weighted by Gasteiger charge is 2.15.